The third kappa shape index (κ3) is 2.86. The lowest BCUT2D eigenvalue weighted by molar-refractivity contribution is 0.0518. The van der Waals surface area contributed by atoms with Crippen molar-refractivity contribution in [3.8, 4) is 0 Å². The SMILES string of the molecule is CCC(C)(O)CNC(=O)c1ccc2ncsc2c1. The summed E-state index contributed by atoms with van der Waals surface area (Å²) in [5, 5.41) is 12.6. The summed E-state index contributed by atoms with van der Waals surface area (Å²) in [5.74, 6) is -0.168. The number of carbonyl (C=O) groups excluding carboxylic acids is 1. The Morgan fingerprint density at radius 3 is 3.06 bits per heavy atom. The summed E-state index contributed by atoms with van der Waals surface area (Å²) in [6.07, 6.45) is 0.598. The molecule has 0 saturated carbocycles. The van der Waals surface area contributed by atoms with Crippen LogP contribution in [0, 0.1) is 0 Å². The van der Waals surface area contributed by atoms with E-state index in [1.807, 2.05) is 19.1 Å². The quantitative estimate of drug-likeness (QED) is 0.889. The highest BCUT2D eigenvalue weighted by atomic mass is 32.1. The fourth-order valence-corrected chi connectivity index (χ4v) is 2.21. The molecule has 18 heavy (non-hydrogen) atoms. The van der Waals surface area contributed by atoms with Gasteiger partial charge in [0.25, 0.3) is 5.91 Å². The molecule has 4 nitrogen and oxygen atoms in total. The fourth-order valence-electron chi connectivity index (χ4n) is 1.49. The van der Waals surface area contributed by atoms with Crippen molar-refractivity contribution in [2.24, 2.45) is 0 Å². The molecule has 0 fully saturated rings. The van der Waals surface area contributed by atoms with Crippen molar-refractivity contribution >= 4 is 27.5 Å². The van der Waals surface area contributed by atoms with Gasteiger partial charge in [-0.2, -0.15) is 0 Å². The molecule has 1 heterocycles. The maximum atomic E-state index is 11.9. The summed E-state index contributed by atoms with van der Waals surface area (Å²) in [5.41, 5.74) is 2.40. The second kappa shape index (κ2) is 5.04. The van der Waals surface area contributed by atoms with Gasteiger partial charge in [0.05, 0.1) is 21.3 Å². The minimum absolute atomic E-state index is 0.168. The van der Waals surface area contributed by atoms with Gasteiger partial charge in [0.2, 0.25) is 0 Å². The average molecular weight is 264 g/mol. The number of rotatable bonds is 4. The Hall–Kier alpha value is -1.46. The Morgan fingerprint density at radius 1 is 1.56 bits per heavy atom. The molecule has 0 saturated heterocycles. The van der Waals surface area contributed by atoms with Gasteiger partial charge in [-0.3, -0.25) is 4.79 Å². The number of hydrogen-bond donors (Lipinski definition) is 2. The van der Waals surface area contributed by atoms with E-state index in [0.29, 0.717) is 12.0 Å². The van der Waals surface area contributed by atoms with E-state index in [1.54, 1.807) is 18.5 Å². The Morgan fingerprint density at radius 2 is 2.33 bits per heavy atom. The van der Waals surface area contributed by atoms with E-state index in [9.17, 15) is 9.90 Å². The topological polar surface area (TPSA) is 62.2 Å². The van der Waals surface area contributed by atoms with Crippen molar-refractivity contribution in [3.05, 3.63) is 29.3 Å². The number of amides is 1. The molecule has 1 amide bonds. The number of nitrogens with one attached hydrogen (secondary N) is 1. The molecule has 0 spiro atoms. The summed E-state index contributed by atoms with van der Waals surface area (Å²) in [4.78, 5) is 16.1. The number of aliphatic hydroxyl groups is 1. The van der Waals surface area contributed by atoms with Crippen LogP contribution in [0.3, 0.4) is 0 Å². The molecule has 1 atom stereocenters. The molecule has 2 rings (SSSR count). The van der Waals surface area contributed by atoms with Crippen molar-refractivity contribution in [2.45, 2.75) is 25.9 Å². The first-order valence-electron chi connectivity index (χ1n) is 5.86. The second-order valence-electron chi connectivity index (χ2n) is 4.57. The van der Waals surface area contributed by atoms with Crippen molar-refractivity contribution in [1.82, 2.24) is 10.3 Å². The molecule has 1 aromatic heterocycles. The normalized spacial score (nSPS) is 14.4. The summed E-state index contributed by atoms with van der Waals surface area (Å²) in [6.45, 7) is 3.85. The van der Waals surface area contributed by atoms with E-state index in [4.69, 9.17) is 0 Å². The molecule has 96 valence electrons. The average Bonchev–Trinajstić information content (AvgIpc) is 2.83. The van der Waals surface area contributed by atoms with E-state index in [2.05, 4.69) is 10.3 Å². The summed E-state index contributed by atoms with van der Waals surface area (Å²) >= 11 is 1.51. The largest absolute Gasteiger partial charge is 0.388 e. The molecule has 1 aromatic carbocycles. The number of benzene rings is 1. The monoisotopic (exact) mass is 264 g/mol. The Kier molecular flexibility index (Phi) is 3.63. The van der Waals surface area contributed by atoms with Crippen LogP contribution in [0.2, 0.25) is 0 Å². The number of thiazole rings is 1. The van der Waals surface area contributed by atoms with Gasteiger partial charge in [0, 0.05) is 12.1 Å². The van der Waals surface area contributed by atoms with Gasteiger partial charge >= 0.3 is 0 Å². The number of fused-ring (bicyclic) bond motifs is 1. The summed E-state index contributed by atoms with van der Waals surface area (Å²) in [7, 11) is 0. The van der Waals surface area contributed by atoms with Crippen molar-refractivity contribution in [3.63, 3.8) is 0 Å². The minimum Gasteiger partial charge on any atom is -0.388 e. The third-order valence-electron chi connectivity index (χ3n) is 2.98. The minimum atomic E-state index is -0.857. The summed E-state index contributed by atoms with van der Waals surface area (Å²) in [6, 6.07) is 5.40. The first kappa shape index (κ1) is 13.0. The maximum absolute atomic E-state index is 11.9. The molecular weight excluding hydrogens is 248 g/mol. The molecule has 0 aliphatic carbocycles. The lowest BCUT2D eigenvalue weighted by Gasteiger charge is -2.21. The molecule has 5 heteroatoms. The molecule has 1 unspecified atom stereocenters. The van der Waals surface area contributed by atoms with Crippen LogP contribution in [-0.4, -0.2) is 28.1 Å². The van der Waals surface area contributed by atoms with Gasteiger partial charge in [0.1, 0.15) is 0 Å². The lowest BCUT2D eigenvalue weighted by atomic mass is 10.0. The van der Waals surface area contributed by atoms with Crippen LogP contribution in [-0.2, 0) is 0 Å². The van der Waals surface area contributed by atoms with Crippen LogP contribution in [0.15, 0.2) is 23.7 Å². The van der Waals surface area contributed by atoms with Gasteiger partial charge in [0.15, 0.2) is 0 Å². The molecule has 2 aromatic rings. The predicted molar refractivity (Wildman–Crippen MR) is 72.9 cm³/mol. The lowest BCUT2D eigenvalue weighted by Crippen LogP contribution is -2.40. The van der Waals surface area contributed by atoms with Crippen molar-refractivity contribution in [2.75, 3.05) is 6.54 Å². The zero-order valence-electron chi connectivity index (χ0n) is 10.4. The van der Waals surface area contributed by atoms with E-state index < -0.39 is 5.60 Å². The molecule has 0 bridgehead atoms. The van der Waals surface area contributed by atoms with Crippen LogP contribution in [0.25, 0.3) is 10.2 Å². The second-order valence-corrected chi connectivity index (χ2v) is 5.45. The van der Waals surface area contributed by atoms with Crippen LogP contribution < -0.4 is 5.32 Å². The number of hydrogen-bond acceptors (Lipinski definition) is 4. The zero-order valence-corrected chi connectivity index (χ0v) is 11.3. The van der Waals surface area contributed by atoms with Crippen molar-refractivity contribution < 1.29 is 9.90 Å². The van der Waals surface area contributed by atoms with E-state index in [0.717, 1.165) is 10.2 Å². The van der Waals surface area contributed by atoms with Gasteiger partial charge in [-0.1, -0.05) is 6.92 Å². The van der Waals surface area contributed by atoms with Crippen LogP contribution >= 0.6 is 11.3 Å². The standard InChI is InChI=1S/C13H16N2O2S/c1-3-13(2,17)7-14-12(16)9-4-5-10-11(6-9)18-8-15-10/h4-6,8,17H,3,7H2,1-2H3,(H,14,16). The molecule has 0 aliphatic heterocycles. The zero-order chi connectivity index (χ0) is 13.2. The first-order valence-corrected chi connectivity index (χ1v) is 6.73. The predicted octanol–water partition coefficient (Wildman–Crippen LogP) is 2.19. The van der Waals surface area contributed by atoms with Crippen molar-refractivity contribution in [1.29, 1.82) is 0 Å². The van der Waals surface area contributed by atoms with Crippen LogP contribution in [0.4, 0.5) is 0 Å². The molecular formula is C13H16N2O2S. The van der Waals surface area contributed by atoms with Crippen LogP contribution in [0.1, 0.15) is 30.6 Å². The Bertz CT molecular complexity index is 563. The smallest absolute Gasteiger partial charge is 0.251 e. The summed E-state index contributed by atoms with van der Waals surface area (Å²) < 4.78 is 0.991. The van der Waals surface area contributed by atoms with Gasteiger partial charge in [-0.15, -0.1) is 11.3 Å². The van der Waals surface area contributed by atoms with E-state index in [1.165, 1.54) is 11.3 Å². The Labute approximate surface area is 110 Å². The molecule has 2 N–H and O–H groups in total. The third-order valence-corrected chi connectivity index (χ3v) is 3.78. The fraction of sp³-hybridized carbons (Fsp3) is 0.385. The molecule has 0 aliphatic rings. The van der Waals surface area contributed by atoms with E-state index >= 15 is 0 Å². The maximum Gasteiger partial charge on any atom is 0.251 e. The van der Waals surface area contributed by atoms with Gasteiger partial charge < -0.3 is 10.4 Å². The van der Waals surface area contributed by atoms with Gasteiger partial charge in [-0.05, 0) is 31.5 Å². The number of carbonyl (C=O) groups is 1. The Balaban J connectivity index is 2.08. The highest BCUT2D eigenvalue weighted by Gasteiger charge is 2.18. The number of nitrogens with zero attached hydrogens (tertiary/aromatic N) is 1. The van der Waals surface area contributed by atoms with E-state index in [-0.39, 0.29) is 12.5 Å². The number of aromatic nitrogens is 1. The van der Waals surface area contributed by atoms with Crippen LogP contribution in [0.5, 0.6) is 0 Å². The highest BCUT2D eigenvalue weighted by molar-refractivity contribution is 7.16. The first-order chi connectivity index (χ1) is 8.52. The highest BCUT2D eigenvalue weighted by Crippen LogP contribution is 2.19. The van der Waals surface area contributed by atoms with Gasteiger partial charge in [-0.25, -0.2) is 4.98 Å². The molecule has 0 radical (unpaired) electrons.